The fourth-order valence-electron chi connectivity index (χ4n) is 2.15. The van der Waals surface area contributed by atoms with E-state index in [2.05, 4.69) is 21.6 Å². The molecule has 0 amide bonds. The number of nitrogens with zero attached hydrogens (tertiary/aromatic N) is 4. The number of hydrogen-bond acceptors (Lipinski definition) is 3. The van der Waals surface area contributed by atoms with E-state index in [1.807, 2.05) is 52.2 Å². The maximum absolute atomic E-state index is 4.32. The van der Waals surface area contributed by atoms with E-state index in [-0.39, 0.29) is 0 Å². The molecule has 0 fully saturated rings. The van der Waals surface area contributed by atoms with E-state index in [0.29, 0.717) is 0 Å². The van der Waals surface area contributed by atoms with Crippen molar-refractivity contribution in [3.05, 3.63) is 54.6 Å². The number of hydrogen-bond donors (Lipinski definition) is 1. The fraction of sp³-hybridized carbons (Fsp3) is 0.286. The topological polar surface area (TPSA) is 47.1 Å². The Morgan fingerprint density at radius 3 is 3.00 bits per heavy atom. The van der Waals surface area contributed by atoms with Gasteiger partial charge in [0.05, 0.1) is 11.7 Å². The Balaban J connectivity index is 1.47. The molecule has 98 valence electrons. The minimum Gasteiger partial charge on any atom is -0.312 e. The van der Waals surface area contributed by atoms with Gasteiger partial charge in [-0.05, 0) is 31.2 Å². The number of rotatable bonds is 6. The lowest BCUT2D eigenvalue weighted by molar-refractivity contribution is 0.544. The van der Waals surface area contributed by atoms with Crippen molar-refractivity contribution in [3.8, 4) is 0 Å². The second kappa shape index (κ2) is 5.67. The quantitative estimate of drug-likeness (QED) is 0.682. The van der Waals surface area contributed by atoms with Crippen LogP contribution in [0.25, 0.3) is 5.52 Å². The number of fused-ring (bicyclic) bond motifs is 1. The molecule has 0 saturated heterocycles. The molecule has 0 bridgehead atoms. The molecule has 3 aromatic rings. The molecule has 3 heterocycles. The molecular weight excluding hydrogens is 238 g/mol. The van der Waals surface area contributed by atoms with E-state index in [1.54, 1.807) is 0 Å². The van der Waals surface area contributed by atoms with Gasteiger partial charge in [0.2, 0.25) is 0 Å². The van der Waals surface area contributed by atoms with Crippen molar-refractivity contribution in [2.45, 2.75) is 19.5 Å². The highest BCUT2D eigenvalue weighted by Crippen LogP contribution is 2.09. The molecular formula is C14H17N5. The smallest absolute Gasteiger partial charge is 0.0706 e. The standard InChI is InChI=1S/C14H17N5/c1-2-10-19-14(5-1)13(12-17-19)11-15-6-3-8-18-9-4-7-16-18/h1-2,4-5,7,9-10,12,15H,3,6,8,11H2. The molecule has 1 N–H and O–H groups in total. The van der Waals surface area contributed by atoms with Crippen LogP contribution >= 0.6 is 0 Å². The maximum Gasteiger partial charge on any atom is 0.0706 e. The van der Waals surface area contributed by atoms with Gasteiger partial charge in [0, 0.05) is 37.2 Å². The van der Waals surface area contributed by atoms with E-state index in [4.69, 9.17) is 0 Å². The van der Waals surface area contributed by atoms with Gasteiger partial charge in [-0.3, -0.25) is 4.68 Å². The summed E-state index contributed by atoms with van der Waals surface area (Å²) in [4.78, 5) is 0. The second-order valence-electron chi connectivity index (χ2n) is 4.50. The SMILES string of the molecule is c1ccn2ncc(CNCCCn3cccn3)c2c1. The molecule has 3 aromatic heterocycles. The Morgan fingerprint density at radius 1 is 1.11 bits per heavy atom. The molecule has 3 rings (SSSR count). The Labute approximate surface area is 111 Å². The summed E-state index contributed by atoms with van der Waals surface area (Å²) in [5.41, 5.74) is 2.40. The summed E-state index contributed by atoms with van der Waals surface area (Å²) in [6.07, 6.45) is 8.77. The first-order valence-corrected chi connectivity index (χ1v) is 6.53. The average molecular weight is 255 g/mol. The lowest BCUT2D eigenvalue weighted by atomic mass is 10.2. The summed E-state index contributed by atoms with van der Waals surface area (Å²) in [5, 5.41) is 11.9. The first-order chi connectivity index (χ1) is 9.43. The normalized spacial score (nSPS) is 11.2. The highest BCUT2D eigenvalue weighted by molar-refractivity contribution is 5.53. The molecule has 0 aliphatic heterocycles. The summed E-state index contributed by atoms with van der Waals surface area (Å²) in [5.74, 6) is 0. The predicted octanol–water partition coefficient (Wildman–Crippen LogP) is 1.71. The summed E-state index contributed by atoms with van der Waals surface area (Å²) in [7, 11) is 0. The van der Waals surface area contributed by atoms with Crippen molar-refractivity contribution in [3.63, 3.8) is 0 Å². The minimum atomic E-state index is 0.854. The van der Waals surface area contributed by atoms with Crippen LogP contribution in [0.4, 0.5) is 0 Å². The number of aryl methyl sites for hydroxylation is 1. The molecule has 0 aliphatic rings. The van der Waals surface area contributed by atoms with E-state index < -0.39 is 0 Å². The van der Waals surface area contributed by atoms with Crippen molar-refractivity contribution in [1.82, 2.24) is 24.7 Å². The Hall–Kier alpha value is -2.14. The molecule has 0 aliphatic carbocycles. The molecule has 5 heteroatoms. The van der Waals surface area contributed by atoms with Gasteiger partial charge in [-0.25, -0.2) is 4.52 Å². The van der Waals surface area contributed by atoms with Gasteiger partial charge < -0.3 is 5.32 Å². The lowest BCUT2D eigenvalue weighted by Gasteiger charge is -2.04. The minimum absolute atomic E-state index is 0.854. The van der Waals surface area contributed by atoms with Crippen LogP contribution in [0.3, 0.4) is 0 Å². The lowest BCUT2D eigenvalue weighted by Crippen LogP contribution is -2.16. The van der Waals surface area contributed by atoms with Crippen molar-refractivity contribution in [1.29, 1.82) is 0 Å². The van der Waals surface area contributed by atoms with Crippen LogP contribution in [0.15, 0.2) is 49.1 Å². The number of nitrogens with one attached hydrogen (secondary N) is 1. The zero-order valence-corrected chi connectivity index (χ0v) is 10.7. The highest BCUT2D eigenvalue weighted by atomic mass is 15.3. The van der Waals surface area contributed by atoms with Crippen LogP contribution in [0.1, 0.15) is 12.0 Å². The van der Waals surface area contributed by atoms with Gasteiger partial charge >= 0.3 is 0 Å². The molecule has 0 aromatic carbocycles. The fourth-order valence-corrected chi connectivity index (χ4v) is 2.15. The molecule has 0 radical (unpaired) electrons. The van der Waals surface area contributed by atoms with Gasteiger partial charge in [-0.2, -0.15) is 10.2 Å². The first kappa shape index (κ1) is 11.9. The zero-order chi connectivity index (χ0) is 12.9. The Morgan fingerprint density at radius 2 is 2.11 bits per heavy atom. The summed E-state index contributed by atoms with van der Waals surface area (Å²) in [6, 6.07) is 8.07. The molecule has 0 atom stereocenters. The van der Waals surface area contributed by atoms with Gasteiger partial charge in [-0.15, -0.1) is 0 Å². The third-order valence-electron chi connectivity index (χ3n) is 3.12. The van der Waals surface area contributed by atoms with Crippen molar-refractivity contribution in [2.24, 2.45) is 0 Å². The van der Waals surface area contributed by atoms with Crippen LogP contribution in [-0.4, -0.2) is 25.9 Å². The number of aromatic nitrogens is 4. The molecule has 0 spiro atoms. The summed E-state index contributed by atoms with van der Waals surface area (Å²) in [6.45, 7) is 2.78. The van der Waals surface area contributed by atoms with Gasteiger partial charge in [0.1, 0.15) is 0 Å². The molecule has 19 heavy (non-hydrogen) atoms. The van der Waals surface area contributed by atoms with Gasteiger partial charge in [-0.1, -0.05) is 6.07 Å². The van der Waals surface area contributed by atoms with E-state index in [9.17, 15) is 0 Å². The number of pyridine rings is 1. The second-order valence-corrected chi connectivity index (χ2v) is 4.50. The monoisotopic (exact) mass is 255 g/mol. The van der Waals surface area contributed by atoms with E-state index in [0.717, 1.165) is 26.1 Å². The zero-order valence-electron chi connectivity index (χ0n) is 10.7. The summed E-state index contributed by atoms with van der Waals surface area (Å²) < 4.78 is 3.86. The molecule has 0 unspecified atom stereocenters. The molecule has 0 saturated carbocycles. The van der Waals surface area contributed by atoms with Crippen LogP contribution in [0.2, 0.25) is 0 Å². The van der Waals surface area contributed by atoms with Crippen LogP contribution in [0, 0.1) is 0 Å². The van der Waals surface area contributed by atoms with Crippen molar-refractivity contribution >= 4 is 5.52 Å². The average Bonchev–Trinajstić information content (AvgIpc) is 3.08. The van der Waals surface area contributed by atoms with E-state index in [1.165, 1.54) is 11.1 Å². The van der Waals surface area contributed by atoms with Crippen LogP contribution < -0.4 is 5.32 Å². The summed E-state index contributed by atoms with van der Waals surface area (Å²) >= 11 is 0. The first-order valence-electron chi connectivity index (χ1n) is 6.53. The van der Waals surface area contributed by atoms with E-state index >= 15 is 0 Å². The largest absolute Gasteiger partial charge is 0.312 e. The maximum atomic E-state index is 4.32. The predicted molar refractivity (Wildman–Crippen MR) is 73.7 cm³/mol. The van der Waals surface area contributed by atoms with Gasteiger partial charge in [0.15, 0.2) is 0 Å². The van der Waals surface area contributed by atoms with Crippen LogP contribution in [-0.2, 0) is 13.1 Å². The van der Waals surface area contributed by atoms with Gasteiger partial charge in [0.25, 0.3) is 0 Å². The Kier molecular flexibility index (Phi) is 3.56. The van der Waals surface area contributed by atoms with Crippen molar-refractivity contribution in [2.75, 3.05) is 6.54 Å². The van der Waals surface area contributed by atoms with Crippen molar-refractivity contribution < 1.29 is 0 Å². The Bertz CT molecular complexity index is 626. The van der Waals surface area contributed by atoms with Crippen LogP contribution in [0.5, 0.6) is 0 Å². The third-order valence-corrected chi connectivity index (χ3v) is 3.12. The highest BCUT2D eigenvalue weighted by Gasteiger charge is 2.01. The molecule has 5 nitrogen and oxygen atoms in total. The third kappa shape index (κ3) is 2.82.